The van der Waals surface area contributed by atoms with Crippen LogP contribution in [0.4, 0.5) is 5.69 Å². The molecule has 5 heteroatoms. The van der Waals surface area contributed by atoms with Crippen molar-refractivity contribution in [1.82, 2.24) is 14.8 Å². The first-order chi connectivity index (χ1) is 8.29. The lowest BCUT2D eigenvalue weighted by atomic mass is 10.3. The summed E-state index contributed by atoms with van der Waals surface area (Å²) >= 11 is 0. The molecule has 0 saturated carbocycles. The second-order valence-electron chi connectivity index (χ2n) is 3.65. The average Bonchev–Trinajstić information content (AvgIpc) is 2.84. The molecular weight excluding hydrogens is 216 g/mol. The molecule has 5 nitrogen and oxygen atoms in total. The maximum absolute atomic E-state index is 11.4. The Labute approximate surface area is 99.5 Å². The van der Waals surface area contributed by atoms with Gasteiger partial charge in [-0.05, 0) is 24.6 Å². The van der Waals surface area contributed by atoms with Gasteiger partial charge in [0.2, 0.25) is 5.91 Å². The lowest BCUT2D eigenvalue weighted by Crippen LogP contribution is -2.11. The number of nitrogens with zero attached hydrogens (tertiary/aromatic N) is 3. The Bertz CT molecular complexity index is 476. The lowest BCUT2D eigenvalue weighted by Gasteiger charge is -2.05. The van der Waals surface area contributed by atoms with Gasteiger partial charge in [-0.2, -0.15) is 5.10 Å². The van der Waals surface area contributed by atoms with Crippen molar-refractivity contribution in [1.29, 1.82) is 0 Å². The summed E-state index contributed by atoms with van der Waals surface area (Å²) in [6, 6.07) is 5.46. The molecule has 1 N–H and O–H groups in total. The van der Waals surface area contributed by atoms with E-state index in [-0.39, 0.29) is 5.91 Å². The van der Waals surface area contributed by atoms with Crippen LogP contribution in [-0.2, 0) is 4.79 Å². The van der Waals surface area contributed by atoms with Gasteiger partial charge in [0.1, 0.15) is 0 Å². The van der Waals surface area contributed by atoms with Gasteiger partial charge in [0.05, 0.1) is 11.9 Å². The topological polar surface area (TPSA) is 59.8 Å². The van der Waals surface area contributed by atoms with Gasteiger partial charge in [0, 0.05) is 18.8 Å². The largest absolute Gasteiger partial charge is 0.325 e. The molecule has 2 heterocycles. The van der Waals surface area contributed by atoms with Crippen molar-refractivity contribution in [2.24, 2.45) is 0 Å². The Kier molecular flexibility index (Phi) is 3.49. The summed E-state index contributed by atoms with van der Waals surface area (Å²) in [5.74, 6) is 0.740. The number of anilines is 1. The molecule has 0 aliphatic heterocycles. The van der Waals surface area contributed by atoms with E-state index in [9.17, 15) is 4.79 Å². The molecule has 2 rings (SSSR count). The highest BCUT2D eigenvalue weighted by Crippen LogP contribution is 2.09. The summed E-state index contributed by atoms with van der Waals surface area (Å²) in [6.45, 7) is 1.97. The number of carbonyl (C=O) groups is 1. The van der Waals surface area contributed by atoms with Crippen molar-refractivity contribution in [3.05, 3.63) is 36.8 Å². The third-order valence-electron chi connectivity index (χ3n) is 2.25. The molecule has 0 fully saturated rings. The van der Waals surface area contributed by atoms with Crippen LogP contribution in [0.1, 0.15) is 19.8 Å². The fourth-order valence-electron chi connectivity index (χ4n) is 1.45. The predicted octanol–water partition coefficient (Wildman–Crippen LogP) is 2.01. The van der Waals surface area contributed by atoms with Gasteiger partial charge in [0.15, 0.2) is 5.82 Å². The van der Waals surface area contributed by atoms with E-state index in [0.717, 1.165) is 12.2 Å². The van der Waals surface area contributed by atoms with E-state index in [1.807, 2.05) is 31.3 Å². The summed E-state index contributed by atoms with van der Waals surface area (Å²) in [6.07, 6.45) is 6.51. The predicted molar refractivity (Wildman–Crippen MR) is 64.9 cm³/mol. The average molecular weight is 230 g/mol. The molecule has 17 heavy (non-hydrogen) atoms. The first-order valence-electron chi connectivity index (χ1n) is 5.55. The molecule has 0 aromatic carbocycles. The van der Waals surface area contributed by atoms with E-state index >= 15 is 0 Å². The summed E-state index contributed by atoms with van der Waals surface area (Å²) in [4.78, 5) is 15.6. The zero-order chi connectivity index (χ0) is 12.1. The molecule has 0 radical (unpaired) electrons. The van der Waals surface area contributed by atoms with Crippen molar-refractivity contribution >= 4 is 11.6 Å². The minimum Gasteiger partial charge on any atom is -0.325 e. The Morgan fingerprint density at radius 2 is 2.35 bits per heavy atom. The summed E-state index contributed by atoms with van der Waals surface area (Å²) in [5.41, 5.74) is 0.708. The van der Waals surface area contributed by atoms with Gasteiger partial charge < -0.3 is 5.32 Å². The maximum atomic E-state index is 11.4. The third-order valence-corrected chi connectivity index (χ3v) is 2.25. The normalized spacial score (nSPS) is 10.2. The zero-order valence-corrected chi connectivity index (χ0v) is 9.63. The van der Waals surface area contributed by atoms with E-state index in [2.05, 4.69) is 15.4 Å². The fraction of sp³-hybridized carbons (Fsp3) is 0.250. The van der Waals surface area contributed by atoms with Crippen LogP contribution in [0.25, 0.3) is 5.82 Å². The summed E-state index contributed by atoms with van der Waals surface area (Å²) in [5, 5.41) is 6.86. The zero-order valence-electron chi connectivity index (χ0n) is 9.63. The number of aromatic nitrogens is 3. The van der Waals surface area contributed by atoms with Gasteiger partial charge >= 0.3 is 0 Å². The first kappa shape index (κ1) is 11.3. The molecule has 0 aliphatic carbocycles. The van der Waals surface area contributed by atoms with Gasteiger partial charge in [-0.15, -0.1) is 0 Å². The number of pyridine rings is 1. The maximum Gasteiger partial charge on any atom is 0.224 e. The molecule has 2 aromatic heterocycles. The van der Waals surface area contributed by atoms with Crippen molar-refractivity contribution in [2.45, 2.75) is 19.8 Å². The quantitative estimate of drug-likeness (QED) is 0.874. The molecule has 2 aromatic rings. The standard InChI is InChI=1S/C12H14N4O/c1-2-4-12(17)15-10-5-6-11(13-9-10)16-8-3-7-14-16/h3,5-9H,2,4H2,1H3,(H,15,17). The number of carbonyl (C=O) groups excluding carboxylic acids is 1. The Balaban J connectivity index is 2.06. The smallest absolute Gasteiger partial charge is 0.224 e. The van der Waals surface area contributed by atoms with E-state index in [4.69, 9.17) is 0 Å². The third kappa shape index (κ3) is 2.90. The second kappa shape index (κ2) is 5.25. The Morgan fingerprint density at radius 3 is 2.94 bits per heavy atom. The van der Waals surface area contributed by atoms with Crippen LogP contribution in [0.3, 0.4) is 0 Å². The molecule has 0 atom stereocenters. The first-order valence-corrected chi connectivity index (χ1v) is 5.55. The minimum atomic E-state index is 0.0149. The number of amides is 1. The Morgan fingerprint density at radius 1 is 1.47 bits per heavy atom. The van der Waals surface area contributed by atoms with Crippen molar-refractivity contribution in [2.75, 3.05) is 5.32 Å². The van der Waals surface area contributed by atoms with Crippen molar-refractivity contribution in [3.63, 3.8) is 0 Å². The molecule has 0 saturated heterocycles. The van der Waals surface area contributed by atoms with Crippen LogP contribution < -0.4 is 5.32 Å². The van der Waals surface area contributed by atoms with E-state index < -0.39 is 0 Å². The molecule has 0 spiro atoms. The number of hydrogen-bond acceptors (Lipinski definition) is 3. The SMILES string of the molecule is CCCC(=O)Nc1ccc(-n2cccn2)nc1. The number of hydrogen-bond donors (Lipinski definition) is 1. The summed E-state index contributed by atoms with van der Waals surface area (Å²) < 4.78 is 1.66. The van der Waals surface area contributed by atoms with Crippen LogP contribution >= 0.6 is 0 Å². The molecular formula is C12H14N4O. The highest BCUT2D eigenvalue weighted by Gasteiger charge is 2.02. The highest BCUT2D eigenvalue weighted by molar-refractivity contribution is 5.90. The van der Waals surface area contributed by atoms with Crippen molar-refractivity contribution < 1.29 is 4.79 Å². The van der Waals surface area contributed by atoms with Crippen LogP contribution in [0.15, 0.2) is 36.8 Å². The molecule has 0 aliphatic rings. The Hall–Kier alpha value is -2.17. The highest BCUT2D eigenvalue weighted by atomic mass is 16.1. The van der Waals surface area contributed by atoms with Gasteiger partial charge in [-0.3, -0.25) is 4.79 Å². The van der Waals surface area contributed by atoms with Crippen LogP contribution in [-0.4, -0.2) is 20.7 Å². The van der Waals surface area contributed by atoms with E-state index in [1.54, 1.807) is 17.1 Å². The lowest BCUT2D eigenvalue weighted by molar-refractivity contribution is -0.116. The van der Waals surface area contributed by atoms with Crippen LogP contribution in [0, 0.1) is 0 Å². The van der Waals surface area contributed by atoms with E-state index in [0.29, 0.717) is 12.1 Å². The summed E-state index contributed by atoms with van der Waals surface area (Å²) in [7, 11) is 0. The van der Waals surface area contributed by atoms with Crippen molar-refractivity contribution in [3.8, 4) is 5.82 Å². The number of nitrogens with one attached hydrogen (secondary N) is 1. The van der Waals surface area contributed by atoms with Crippen LogP contribution in [0.5, 0.6) is 0 Å². The van der Waals surface area contributed by atoms with Gasteiger partial charge in [0.25, 0.3) is 0 Å². The molecule has 0 bridgehead atoms. The molecule has 0 unspecified atom stereocenters. The van der Waals surface area contributed by atoms with Gasteiger partial charge in [-0.25, -0.2) is 9.67 Å². The minimum absolute atomic E-state index is 0.0149. The number of rotatable bonds is 4. The monoisotopic (exact) mass is 230 g/mol. The fourth-order valence-corrected chi connectivity index (χ4v) is 1.45. The molecule has 1 amide bonds. The van der Waals surface area contributed by atoms with Crippen LogP contribution in [0.2, 0.25) is 0 Å². The molecule has 88 valence electrons. The van der Waals surface area contributed by atoms with E-state index in [1.165, 1.54) is 0 Å². The second-order valence-corrected chi connectivity index (χ2v) is 3.65. The van der Waals surface area contributed by atoms with Gasteiger partial charge in [-0.1, -0.05) is 6.92 Å².